The minimum absolute atomic E-state index is 0. The lowest BCUT2D eigenvalue weighted by molar-refractivity contribution is 0.0901. The Morgan fingerprint density at radius 2 is 1.96 bits per heavy atom. The molecule has 1 aliphatic rings. The van der Waals surface area contributed by atoms with E-state index in [9.17, 15) is 8.42 Å². The number of nitrogens with one attached hydrogen (secondary N) is 1. The van der Waals surface area contributed by atoms with Crippen LogP contribution in [0.3, 0.4) is 0 Å². The van der Waals surface area contributed by atoms with Gasteiger partial charge in [0, 0.05) is 24.2 Å². The van der Waals surface area contributed by atoms with Crippen molar-refractivity contribution in [2.24, 2.45) is 5.73 Å². The second kappa shape index (κ2) is 9.94. The fourth-order valence-electron chi connectivity index (χ4n) is 2.79. The number of rotatable bonds is 7. The Labute approximate surface area is 160 Å². The lowest BCUT2D eigenvalue weighted by Crippen LogP contribution is -2.40. The first-order valence-corrected chi connectivity index (χ1v) is 9.91. The molecule has 1 saturated carbocycles. The zero-order chi connectivity index (χ0) is 17.7. The lowest BCUT2D eigenvalue weighted by atomic mass is 9.93. The van der Waals surface area contributed by atoms with Crippen LogP contribution < -0.4 is 15.2 Å². The van der Waals surface area contributed by atoms with Crippen LogP contribution in [-0.4, -0.2) is 40.3 Å². The predicted molar refractivity (Wildman–Crippen MR) is 101 cm³/mol. The molecule has 1 aliphatic carbocycles. The summed E-state index contributed by atoms with van der Waals surface area (Å²) >= 11 is 5.99. The summed E-state index contributed by atoms with van der Waals surface area (Å²) in [5.41, 5.74) is 5.87. The third-order valence-electron chi connectivity index (χ3n) is 4.02. The molecule has 1 aromatic rings. The Morgan fingerprint density at radius 3 is 2.56 bits per heavy atom. The first-order valence-electron chi connectivity index (χ1n) is 8.05. The number of nitrogens with two attached hydrogens (primary N) is 1. The number of ether oxygens (including phenoxy) is 2. The van der Waals surface area contributed by atoms with Gasteiger partial charge in [0.25, 0.3) is 0 Å². The van der Waals surface area contributed by atoms with Crippen molar-refractivity contribution in [3.05, 3.63) is 23.2 Å². The van der Waals surface area contributed by atoms with E-state index in [0.29, 0.717) is 11.6 Å². The maximum absolute atomic E-state index is 12.8. The summed E-state index contributed by atoms with van der Waals surface area (Å²) in [5, 5.41) is 0.341. The number of benzene rings is 1. The van der Waals surface area contributed by atoms with Crippen molar-refractivity contribution in [1.82, 2.24) is 4.72 Å². The fraction of sp³-hybridized carbons (Fsp3) is 0.625. The molecule has 144 valence electrons. The molecule has 1 atom stereocenters. The third-order valence-corrected chi connectivity index (χ3v) is 5.80. The highest BCUT2D eigenvalue weighted by molar-refractivity contribution is 7.89. The highest BCUT2D eigenvalue weighted by Gasteiger charge is 2.27. The molecule has 0 spiro atoms. The van der Waals surface area contributed by atoms with Crippen LogP contribution in [0.15, 0.2) is 23.1 Å². The number of halogens is 2. The van der Waals surface area contributed by atoms with Gasteiger partial charge in [-0.3, -0.25) is 0 Å². The first kappa shape index (κ1) is 22.5. The molecule has 1 aromatic carbocycles. The van der Waals surface area contributed by atoms with Gasteiger partial charge in [0.2, 0.25) is 10.0 Å². The Bertz CT molecular complexity index is 650. The van der Waals surface area contributed by atoms with Gasteiger partial charge in [-0.2, -0.15) is 0 Å². The van der Waals surface area contributed by atoms with E-state index in [0.717, 1.165) is 25.7 Å². The monoisotopic (exact) mass is 412 g/mol. The van der Waals surface area contributed by atoms with Crippen molar-refractivity contribution in [2.45, 2.75) is 55.7 Å². The summed E-state index contributed by atoms with van der Waals surface area (Å²) in [7, 11) is -2.17. The van der Waals surface area contributed by atoms with Crippen molar-refractivity contribution >= 4 is 34.0 Å². The highest BCUT2D eigenvalue weighted by atomic mass is 35.5. The molecule has 6 nitrogen and oxygen atoms in total. The van der Waals surface area contributed by atoms with Crippen molar-refractivity contribution in [3.63, 3.8) is 0 Å². The van der Waals surface area contributed by atoms with E-state index < -0.39 is 10.0 Å². The summed E-state index contributed by atoms with van der Waals surface area (Å²) in [6, 6.07) is 4.63. The van der Waals surface area contributed by atoms with E-state index in [2.05, 4.69) is 4.72 Å². The molecular weight excluding hydrogens is 387 g/mol. The standard InChI is InChI=1S/C16H25ClN2O4S.ClH/c1-11(10-22-2)23-15-8-3-12(17)9-16(15)24(20,21)19-14-6-4-13(18)5-7-14;/h3,8-9,11,13-14,19H,4-7,10,18H2,1-2H3;1H. The van der Waals surface area contributed by atoms with Crippen LogP contribution in [0.4, 0.5) is 0 Å². The minimum atomic E-state index is -3.73. The predicted octanol–water partition coefficient (Wildman–Crippen LogP) is 2.72. The second-order valence-corrected chi connectivity index (χ2v) is 8.33. The van der Waals surface area contributed by atoms with Crippen LogP contribution in [0, 0.1) is 0 Å². The molecule has 1 unspecified atom stereocenters. The smallest absolute Gasteiger partial charge is 0.244 e. The normalized spacial score (nSPS) is 22.1. The van der Waals surface area contributed by atoms with Crippen molar-refractivity contribution in [2.75, 3.05) is 13.7 Å². The first-order chi connectivity index (χ1) is 11.3. The van der Waals surface area contributed by atoms with Gasteiger partial charge in [-0.05, 0) is 50.8 Å². The van der Waals surface area contributed by atoms with Gasteiger partial charge < -0.3 is 15.2 Å². The third kappa shape index (κ3) is 6.58. The molecule has 0 heterocycles. The SMILES string of the molecule is COCC(C)Oc1ccc(Cl)cc1S(=O)(=O)NC1CCC(N)CC1.Cl. The summed E-state index contributed by atoms with van der Waals surface area (Å²) in [5.74, 6) is 0.268. The molecule has 2 rings (SSSR count). The van der Waals surface area contributed by atoms with Gasteiger partial charge in [0.1, 0.15) is 16.7 Å². The molecular formula is C16H26Cl2N2O4S. The molecule has 9 heteroatoms. The fourth-order valence-corrected chi connectivity index (χ4v) is 4.50. The summed E-state index contributed by atoms with van der Waals surface area (Å²) in [6.45, 7) is 2.17. The van der Waals surface area contributed by atoms with Crippen LogP contribution in [0.25, 0.3) is 0 Å². The molecule has 1 fully saturated rings. The summed E-state index contributed by atoms with van der Waals surface area (Å²) in [4.78, 5) is 0.0489. The Morgan fingerprint density at radius 1 is 1.32 bits per heavy atom. The second-order valence-electron chi connectivity index (χ2n) is 6.21. The molecule has 3 N–H and O–H groups in total. The van der Waals surface area contributed by atoms with Crippen LogP contribution >= 0.6 is 24.0 Å². The van der Waals surface area contributed by atoms with E-state index >= 15 is 0 Å². The summed E-state index contributed by atoms with van der Waals surface area (Å²) in [6.07, 6.45) is 2.82. The van der Waals surface area contributed by atoms with Gasteiger partial charge >= 0.3 is 0 Å². The molecule has 0 radical (unpaired) electrons. The van der Waals surface area contributed by atoms with Gasteiger partial charge in [0.15, 0.2) is 0 Å². The zero-order valence-corrected chi connectivity index (χ0v) is 16.8. The maximum Gasteiger partial charge on any atom is 0.244 e. The molecule has 0 saturated heterocycles. The topological polar surface area (TPSA) is 90.6 Å². The number of hydrogen-bond donors (Lipinski definition) is 2. The average molecular weight is 413 g/mol. The molecule has 25 heavy (non-hydrogen) atoms. The molecule has 0 aliphatic heterocycles. The van der Waals surface area contributed by atoms with Gasteiger partial charge in [-0.15, -0.1) is 12.4 Å². The lowest BCUT2D eigenvalue weighted by Gasteiger charge is -2.27. The van der Waals surface area contributed by atoms with Gasteiger partial charge in [-0.1, -0.05) is 11.6 Å². The Kier molecular flexibility index (Phi) is 8.94. The van der Waals surface area contributed by atoms with Crippen molar-refractivity contribution in [1.29, 1.82) is 0 Å². The molecule has 0 amide bonds. The maximum atomic E-state index is 12.8. The quantitative estimate of drug-likeness (QED) is 0.718. The number of methoxy groups -OCH3 is 1. The highest BCUT2D eigenvalue weighted by Crippen LogP contribution is 2.29. The Balaban J connectivity index is 0.00000312. The van der Waals surface area contributed by atoms with Crippen LogP contribution in [0.1, 0.15) is 32.6 Å². The van der Waals surface area contributed by atoms with E-state index in [1.54, 1.807) is 19.2 Å². The van der Waals surface area contributed by atoms with E-state index in [-0.39, 0.29) is 41.2 Å². The van der Waals surface area contributed by atoms with E-state index in [4.69, 9.17) is 26.8 Å². The number of hydrogen-bond acceptors (Lipinski definition) is 5. The Hall–Kier alpha value is -0.570. The van der Waals surface area contributed by atoms with Crippen molar-refractivity contribution < 1.29 is 17.9 Å². The van der Waals surface area contributed by atoms with Gasteiger partial charge in [0.05, 0.1) is 6.61 Å². The van der Waals surface area contributed by atoms with Crippen LogP contribution in [0.5, 0.6) is 5.75 Å². The van der Waals surface area contributed by atoms with Crippen molar-refractivity contribution in [3.8, 4) is 5.75 Å². The number of sulfonamides is 1. The summed E-state index contributed by atoms with van der Waals surface area (Å²) < 4.78 is 39.1. The largest absolute Gasteiger partial charge is 0.487 e. The minimum Gasteiger partial charge on any atom is -0.487 e. The zero-order valence-electron chi connectivity index (χ0n) is 14.4. The average Bonchev–Trinajstić information content (AvgIpc) is 2.51. The van der Waals surface area contributed by atoms with Gasteiger partial charge in [-0.25, -0.2) is 13.1 Å². The van der Waals surface area contributed by atoms with Crippen LogP contribution in [-0.2, 0) is 14.8 Å². The molecule has 0 bridgehead atoms. The van der Waals surface area contributed by atoms with E-state index in [1.807, 2.05) is 6.92 Å². The van der Waals surface area contributed by atoms with E-state index in [1.165, 1.54) is 6.07 Å². The molecule has 0 aromatic heterocycles. The van der Waals surface area contributed by atoms with Crippen LogP contribution in [0.2, 0.25) is 5.02 Å².